The van der Waals surface area contributed by atoms with Gasteiger partial charge >= 0.3 is 0 Å². The summed E-state index contributed by atoms with van der Waals surface area (Å²) < 4.78 is 14.0. The molecule has 8 heteroatoms. The number of aromatic nitrogens is 3. The number of H-pyrrole nitrogens is 1. The number of hydrogen-bond acceptors (Lipinski definition) is 5. The van der Waals surface area contributed by atoms with Crippen LogP contribution < -0.4 is 5.32 Å². The second-order valence-corrected chi connectivity index (χ2v) is 8.36. The van der Waals surface area contributed by atoms with Crippen molar-refractivity contribution in [1.82, 2.24) is 20.1 Å². The van der Waals surface area contributed by atoms with Crippen LogP contribution in [0.15, 0.2) is 60.9 Å². The molecule has 1 aliphatic rings. The molecule has 1 amide bonds. The van der Waals surface area contributed by atoms with Crippen LogP contribution in [-0.2, 0) is 6.54 Å². The minimum Gasteiger partial charge on any atom is -0.393 e. The molecular formula is C25H24FN5O2. The number of anilines is 1. The van der Waals surface area contributed by atoms with E-state index in [4.69, 9.17) is 0 Å². The number of aliphatic hydroxyl groups excluding tert-OH is 1. The number of amides is 1. The zero-order valence-corrected chi connectivity index (χ0v) is 18.0. The van der Waals surface area contributed by atoms with Crippen molar-refractivity contribution in [2.24, 2.45) is 0 Å². The molecule has 2 aromatic carbocycles. The van der Waals surface area contributed by atoms with E-state index in [-0.39, 0.29) is 17.5 Å². The molecule has 0 radical (unpaired) electrons. The highest BCUT2D eigenvalue weighted by atomic mass is 19.1. The molecule has 0 saturated carbocycles. The van der Waals surface area contributed by atoms with Gasteiger partial charge in [0.2, 0.25) is 0 Å². The van der Waals surface area contributed by atoms with Crippen molar-refractivity contribution in [3.8, 4) is 11.1 Å². The van der Waals surface area contributed by atoms with Gasteiger partial charge in [-0.15, -0.1) is 0 Å². The predicted molar refractivity (Wildman–Crippen MR) is 124 cm³/mol. The van der Waals surface area contributed by atoms with Gasteiger partial charge in [0.25, 0.3) is 5.91 Å². The van der Waals surface area contributed by atoms with Crippen molar-refractivity contribution >= 4 is 22.5 Å². The smallest absolute Gasteiger partial charge is 0.276 e. The van der Waals surface area contributed by atoms with Crippen LogP contribution >= 0.6 is 0 Å². The molecule has 7 nitrogen and oxygen atoms in total. The van der Waals surface area contributed by atoms with E-state index in [0.717, 1.165) is 49.2 Å². The Morgan fingerprint density at radius 3 is 2.76 bits per heavy atom. The minimum atomic E-state index is -0.502. The zero-order valence-electron chi connectivity index (χ0n) is 18.0. The monoisotopic (exact) mass is 445 g/mol. The van der Waals surface area contributed by atoms with Gasteiger partial charge < -0.3 is 10.4 Å². The number of piperidine rings is 1. The van der Waals surface area contributed by atoms with Crippen molar-refractivity contribution in [2.45, 2.75) is 25.5 Å². The number of aliphatic hydroxyl groups is 1. The first-order chi connectivity index (χ1) is 16.1. The summed E-state index contributed by atoms with van der Waals surface area (Å²) in [5.74, 6) is -0.986. The van der Waals surface area contributed by atoms with Crippen LogP contribution in [0.3, 0.4) is 0 Å². The lowest BCUT2D eigenvalue weighted by atomic mass is 10.0. The second-order valence-electron chi connectivity index (χ2n) is 8.36. The molecule has 0 bridgehead atoms. The molecule has 3 N–H and O–H groups in total. The fourth-order valence-corrected chi connectivity index (χ4v) is 4.18. The van der Waals surface area contributed by atoms with E-state index in [1.165, 1.54) is 12.1 Å². The van der Waals surface area contributed by atoms with Crippen molar-refractivity contribution in [3.63, 3.8) is 0 Å². The number of aromatic amines is 1. The summed E-state index contributed by atoms with van der Waals surface area (Å²) in [7, 11) is 0. The fraction of sp³-hybridized carbons (Fsp3) is 0.240. The number of halogens is 1. The Morgan fingerprint density at radius 1 is 1.12 bits per heavy atom. The predicted octanol–water partition coefficient (Wildman–Crippen LogP) is 3.97. The Hall–Kier alpha value is -3.62. The molecule has 0 unspecified atom stereocenters. The van der Waals surface area contributed by atoms with Crippen molar-refractivity contribution in [3.05, 3.63) is 78.0 Å². The zero-order chi connectivity index (χ0) is 22.8. The van der Waals surface area contributed by atoms with Crippen molar-refractivity contribution in [1.29, 1.82) is 0 Å². The van der Waals surface area contributed by atoms with Crippen LogP contribution in [0, 0.1) is 5.82 Å². The number of nitrogens with one attached hydrogen (secondary N) is 2. The lowest BCUT2D eigenvalue weighted by Crippen LogP contribution is -2.35. The van der Waals surface area contributed by atoms with E-state index in [1.807, 2.05) is 24.4 Å². The van der Waals surface area contributed by atoms with Crippen LogP contribution in [0.4, 0.5) is 10.1 Å². The number of para-hydroxylation sites is 1. The molecule has 0 atom stereocenters. The Labute approximate surface area is 190 Å². The molecule has 5 rings (SSSR count). The largest absolute Gasteiger partial charge is 0.393 e. The van der Waals surface area contributed by atoms with E-state index < -0.39 is 11.7 Å². The maximum Gasteiger partial charge on any atom is 0.276 e. The SMILES string of the molecule is O=C(Nc1ccccc1F)c1n[nH]c2ccc(-c3cncc(CN4CCC(O)CC4)c3)cc12. The molecule has 1 saturated heterocycles. The van der Waals surface area contributed by atoms with E-state index in [1.54, 1.807) is 18.3 Å². The summed E-state index contributed by atoms with van der Waals surface area (Å²) in [5.41, 5.74) is 3.96. The highest BCUT2D eigenvalue weighted by Gasteiger charge is 2.18. The number of likely N-dealkylation sites (tertiary alicyclic amines) is 1. The third kappa shape index (κ3) is 4.62. The molecule has 2 aromatic heterocycles. The fourth-order valence-electron chi connectivity index (χ4n) is 4.18. The van der Waals surface area contributed by atoms with Crippen LogP contribution in [0.2, 0.25) is 0 Å². The maximum absolute atomic E-state index is 14.0. The van der Waals surface area contributed by atoms with Crippen molar-refractivity contribution in [2.75, 3.05) is 18.4 Å². The highest BCUT2D eigenvalue weighted by molar-refractivity contribution is 6.11. The second kappa shape index (κ2) is 9.09. The van der Waals surface area contributed by atoms with Gasteiger partial charge in [-0.1, -0.05) is 18.2 Å². The molecule has 0 aliphatic carbocycles. The van der Waals surface area contributed by atoms with Gasteiger partial charge in [-0.3, -0.25) is 19.8 Å². The number of carbonyl (C=O) groups excluding carboxylic acids is 1. The average molecular weight is 445 g/mol. The van der Waals surface area contributed by atoms with Gasteiger partial charge in [-0.25, -0.2) is 4.39 Å². The van der Waals surface area contributed by atoms with Crippen LogP contribution in [0.1, 0.15) is 28.9 Å². The van der Waals surface area contributed by atoms with E-state index in [2.05, 4.69) is 31.5 Å². The Morgan fingerprint density at radius 2 is 1.94 bits per heavy atom. The average Bonchev–Trinajstić information content (AvgIpc) is 3.26. The van der Waals surface area contributed by atoms with Gasteiger partial charge in [-0.2, -0.15) is 5.10 Å². The third-order valence-corrected chi connectivity index (χ3v) is 5.99. The van der Waals surface area contributed by atoms with Gasteiger partial charge in [0.1, 0.15) is 5.82 Å². The van der Waals surface area contributed by atoms with Gasteiger partial charge in [0.15, 0.2) is 5.69 Å². The van der Waals surface area contributed by atoms with Crippen LogP contribution in [0.5, 0.6) is 0 Å². The number of carbonyl (C=O) groups is 1. The number of fused-ring (bicyclic) bond motifs is 1. The number of nitrogens with zero attached hydrogens (tertiary/aromatic N) is 3. The third-order valence-electron chi connectivity index (χ3n) is 5.99. The Balaban J connectivity index is 1.39. The van der Waals surface area contributed by atoms with Gasteiger partial charge in [0, 0.05) is 43.0 Å². The number of hydrogen-bond donors (Lipinski definition) is 3. The van der Waals surface area contributed by atoms with Gasteiger partial charge in [-0.05, 0) is 54.3 Å². The molecule has 0 spiro atoms. The van der Waals surface area contributed by atoms with Crippen molar-refractivity contribution < 1.29 is 14.3 Å². The molecule has 33 heavy (non-hydrogen) atoms. The van der Waals surface area contributed by atoms with E-state index >= 15 is 0 Å². The van der Waals surface area contributed by atoms with Crippen LogP contribution in [-0.4, -0.2) is 50.3 Å². The molecule has 1 fully saturated rings. The van der Waals surface area contributed by atoms with E-state index in [9.17, 15) is 14.3 Å². The van der Waals surface area contributed by atoms with Crippen LogP contribution in [0.25, 0.3) is 22.0 Å². The number of pyridine rings is 1. The highest BCUT2D eigenvalue weighted by Crippen LogP contribution is 2.27. The molecule has 168 valence electrons. The van der Waals surface area contributed by atoms with Gasteiger partial charge in [0.05, 0.1) is 17.3 Å². The normalized spacial score (nSPS) is 15.1. The molecule has 4 aromatic rings. The maximum atomic E-state index is 14.0. The quantitative estimate of drug-likeness (QED) is 0.432. The summed E-state index contributed by atoms with van der Waals surface area (Å²) in [6, 6.07) is 13.8. The number of benzene rings is 2. The summed E-state index contributed by atoms with van der Waals surface area (Å²) in [6.07, 6.45) is 5.04. The summed E-state index contributed by atoms with van der Waals surface area (Å²) >= 11 is 0. The first-order valence-corrected chi connectivity index (χ1v) is 11.0. The van der Waals surface area contributed by atoms with E-state index in [0.29, 0.717) is 10.9 Å². The first-order valence-electron chi connectivity index (χ1n) is 11.0. The number of rotatable bonds is 5. The first kappa shape index (κ1) is 21.2. The lowest BCUT2D eigenvalue weighted by molar-refractivity contribution is 0.0792. The minimum absolute atomic E-state index is 0.108. The Kier molecular flexibility index (Phi) is 5.85. The summed E-state index contributed by atoms with van der Waals surface area (Å²) in [6.45, 7) is 2.51. The standard InChI is InChI=1S/C25H24FN5O2/c26-21-3-1-2-4-23(21)28-25(33)24-20-12-17(5-6-22(20)29-30-24)18-11-16(13-27-14-18)15-31-9-7-19(32)8-10-31/h1-6,11-14,19,32H,7-10,15H2,(H,28,33)(H,29,30). The Bertz CT molecular complexity index is 1300. The molecule has 3 heterocycles. The lowest BCUT2D eigenvalue weighted by Gasteiger charge is -2.29. The summed E-state index contributed by atoms with van der Waals surface area (Å²) in [5, 5.41) is 20.0. The molecule has 1 aliphatic heterocycles. The summed E-state index contributed by atoms with van der Waals surface area (Å²) in [4.78, 5) is 19.5. The molecular weight excluding hydrogens is 421 g/mol. The topological polar surface area (TPSA) is 94.1 Å².